The van der Waals surface area contributed by atoms with Crippen molar-refractivity contribution in [3.8, 4) is 10.4 Å². The number of aryl methyl sites for hydroxylation is 1. The largest absolute Gasteiger partial charge is 0.477 e. The highest BCUT2D eigenvalue weighted by atomic mass is 32.1. The molecule has 0 radical (unpaired) electrons. The summed E-state index contributed by atoms with van der Waals surface area (Å²) in [5.74, 6) is -1.63. The molecule has 1 fully saturated rings. The van der Waals surface area contributed by atoms with Gasteiger partial charge in [-0.15, -0.1) is 11.3 Å². The molecule has 0 saturated heterocycles. The summed E-state index contributed by atoms with van der Waals surface area (Å²) >= 11 is 1.49. The first-order chi connectivity index (χ1) is 13.9. The number of aromatic carboxylic acids is 1. The predicted octanol–water partition coefficient (Wildman–Crippen LogP) is 3.15. The molecule has 4 N–H and O–H groups in total. The van der Waals surface area contributed by atoms with Crippen LogP contribution >= 0.6 is 11.3 Å². The minimum absolute atomic E-state index is 0.121. The maximum absolute atomic E-state index is 15.2. The van der Waals surface area contributed by atoms with E-state index in [9.17, 15) is 14.7 Å². The van der Waals surface area contributed by atoms with Crippen molar-refractivity contribution >= 4 is 22.8 Å². The van der Waals surface area contributed by atoms with Crippen LogP contribution in [0.4, 0.5) is 4.39 Å². The second kappa shape index (κ2) is 6.48. The summed E-state index contributed by atoms with van der Waals surface area (Å²) in [6, 6.07) is 3.32. The van der Waals surface area contributed by atoms with Crippen molar-refractivity contribution in [1.29, 1.82) is 0 Å². The molecule has 1 unspecified atom stereocenters. The number of nitrogens with one attached hydrogen (secondary N) is 1. The molecule has 2 aliphatic rings. The molecule has 0 amide bonds. The number of thiophene rings is 1. The molecule has 29 heavy (non-hydrogen) atoms. The molecule has 1 aliphatic heterocycles. The van der Waals surface area contributed by atoms with Crippen molar-refractivity contribution in [2.24, 2.45) is 5.73 Å². The van der Waals surface area contributed by atoms with E-state index < -0.39 is 17.3 Å². The first-order valence-corrected chi connectivity index (χ1v) is 10.4. The molecule has 6 nitrogen and oxygen atoms in total. The lowest BCUT2D eigenvalue weighted by atomic mass is 9.99. The number of nitrogens with two attached hydrogens (primary N) is 1. The monoisotopic (exact) mass is 413 g/mol. The Labute approximate surface area is 169 Å². The Balaban J connectivity index is 1.81. The van der Waals surface area contributed by atoms with Gasteiger partial charge in [-0.2, -0.15) is 0 Å². The average molecular weight is 413 g/mol. The Morgan fingerprint density at radius 3 is 2.79 bits per heavy atom. The van der Waals surface area contributed by atoms with Gasteiger partial charge in [-0.25, -0.2) is 9.18 Å². The molecule has 4 heterocycles. The fourth-order valence-corrected chi connectivity index (χ4v) is 5.57. The van der Waals surface area contributed by atoms with Gasteiger partial charge in [0.25, 0.3) is 5.56 Å². The minimum atomic E-state index is -1.29. The number of nitrogens with zero attached hydrogens (tertiary/aromatic N) is 1. The van der Waals surface area contributed by atoms with E-state index in [4.69, 9.17) is 5.73 Å². The number of fused-ring (bicyclic) bond motifs is 2. The number of aromatic nitrogens is 1. The molecule has 5 rings (SSSR count). The lowest BCUT2D eigenvalue weighted by Gasteiger charge is -2.18. The number of carboxylic acids is 1. The minimum Gasteiger partial charge on any atom is -0.477 e. The van der Waals surface area contributed by atoms with Gasteiger partial charge in [0, 0.05) is 34.6 Å². The van der Waals surface area contributed by atoms with Crippen LogP contribution in [0.5, 0.6) is 0 Å². The van der Waals surface area contributed by atoms with Gasteiger partial charge in [0.1, 0.15) is 11.4 Å². The van der Waals surface area contributed by atoms with E-state index >= 15 is 4.39 Å². The molecule has 150 valence electrons. The van der Waals surface area contributed by atoms with Crippen LogP contribution < -0.4 is 16.6 Å². The van der Waals surface area contributed by atoms with Crippen molar-refractivity contribution in [2.45, 2.75) is 38.3 Å². The third-order valence-electron chi connectivity index (χ3n) is 5.83. The van der Waals surface area contributed by atoms with E-state index in [1.807, 2.05) is 6.07 Å². The van der Waals surface area contributed by atoms with Gasteiger partial charge in [0.2, 0.25) is 0 Å². The fraction of sp³-hybridized carbons (Fsp3) is 0.333. The second-order valence-electron chi connectivity index (χ2n) is 7.83. The first kappa shape index (κ1) is 18.5. The Morgan fingerprint density at radius 1 is 1.38 bits per heavy atom. The lowest BCUT2D eigenvalue weighted by Crippen LogP contribution is -2.31. The smallest absolute Gasteiger partial charge is 0.341 e. The number of pyridine rings is 2. The van der Waals surface area contributed by atoms with Crippen molar-refractivity contribution in [2.75, 3.05) is 6.54 Å². The summed E-state index contributed by atoms with van der Waals surface area (Å²) < 4.78 is 16.4. The quantitative estimate of drug-likeness (QED) is 0.613. The Hall–Kier alpha value is -2.55. The second-order valence-corrected chi connectivity index (χ2v) is 8.91. The van der Waals surface area contributed by atoms with Crippen LogP contribution in [0.25, 0.3) is 16.0 Å². The van der Waals surface area contributed by atoms with E-state index in [1.165, 1.54) is 21.8 Å². The van der Waals surface area contributed by atoms with Crippen LogP contribution in [0.2, 0.25) is 0 Å². The first-order valence-electron chi connectivity index (χ1n) is 9.57. The van der Waals surface area contributed by atoms with Crippen molar-refractivity contribution in [1.82, 2.24) is 9.72 Å². The Bertz CT molecular complexity index is 1240. The Kier molecular flexibility index (Phi) is 4.13. The highest BCUT2D eigenvalue weighted by Gasteiger charge is 2.31. The summed E-state index contributed by atoms with van der Waals surface area (Å²) in [4.78, 5) is 26.1. The number of hydrogen-bond donors (Lipinski definition) is 3. The standard InChI is InChI=1S/C21H20FN3O3S/c1-9-17(16-4-11-6-24-7-15(23)19(11)29-16)14(22)8-25-18(9)12(10-2-3-10)5-13(20(25)26)21(27)28/h4-5,8,10,15,24H,2-3,6-7,23H2,1H3,(H,27,28). The molecule has 1 atom stereocenters. The van der Waals surface area contributed by atoms with Crippen LogP contribution in [-0.2, 0) is 6.54 Å². The molecule has 3 aromatic heterocycles. The molecule has 3 aromatic rings. The highest BCUT2D eigenvalue weighted by molar-refractivity contribution is 7.15. The van der Waals surface area contributed by atoms with Crippen molar-refractivity contribution in [3.05, 3.63) is 61.6 Å². The van der Waals surface area contributed by atoms with E-state index in [0.717, 1.165) is 39.9 Å². The van der Waals surface area contributed by atoms with Gasteiger partial charge in [-0.3, -0.25) is 9.20 Å². The van der Waals surface area contributed by atoms with E-state index in [-0.39, 0.29) is 17.5 Å². The van der Waals surface area contributed by atoms with Gasteiger partial charge in [-0.05, 0) is 54.5 Å². The van der Waals surface area contributed by atoms with Crippen LogP contribution in [0.1, 0.15) is 56.7 Å². The molecule has 0 spiro atoms. The van der Waals surface area contributed by atoms with Gasteiger partial charge >= 0.3 is 5.97 Å². The van der Waals surface area contributed by atoms with Gasteiger partial charge < -0.3 is 16.2 Å². The molecular weight excluding hydrogens is 393 g/mol. The van der Waals surface area contributed by atoms with Crippen LogP contribution in [-0.4, -0.2) is 22.0 Å². The number of carboxylic acid groups (broad SMARTS) is 1. The number of hydrogen-bond acceptors (Lipinski definition) is 5. The van der Waals surface area contributed by atoms with Crippen LogP contribution in [0.3, 0.4) is 0 Å². The number of rotatable bonds is 3. The van der Waals surface area contributed by atoms with E-state index in [2.05, 4.69) is 5.32 Å². The third-order valence-corrected chi connectivity index (χ3v) is 7.15. The maximum Gasteiger partial charge on any atom is 0.341 e. The SMILES string of the molecule is Cc1c(-c2cc3c(s2)C(N)CNC3)c(F)cn2c(=O)c(C(=O)O)cc(C3CC3)c12. The van der Waals surface area contributed by atoms with E-state index in [0.29, 0.717) is 29.7 Å². The zero-order valence-electron chi connectivity index (χ0n) is 15.8. The molecule has 0 aromatic carbocycles. The molecule has 0 bridgehead atoms. The molecule has 1 saturated carbocycles. The highest BCUT2D eigenvalue weighted by Crippen LogP contribution is 2.45. The average Bonchev–Trinajstić information content (AvgIpc) is 3.42. The van der Waals surface area contributed by atoms with Gasteiger partial charge in [0.15, 0.2) is 0 Å². The predicted molar refractivity (Wildman–Crippen MR) is 109 cm³/mol. The van der Waals surface area contributed by atoms with Gasteiger partial charge in [-0.1, -0.05) is 0 Å². The summed E-state index contributed by atoms with van der Waals surface area (Å²) in [7, 11) is 0. The zero-order chi connectivity index (χ0) is 20.4. The lowest BCUT2D eigenvalue weighted by molar-refractivity contribution is 0.0694. The molecular formula is C21H20FN3O3S. The fourth-order valence-electron chi connectivity index (χ4n) is 4.29. The summed E-state index contributed by atoms with van der Waals surface area (Å²) in [5.41, 5.74) is 8.78. The summed E-state index contributed by atoms with van der Waals surface area (Å²) in [6.07, 6.45) is 3.01. The Morgan fingerprint density at radius 2 is 2.14 bits per heavy atom. The third kappa shape index (κ3) is 2.82. The van der Waals surface area contributed by atoms with Crippen molar-refractivity contribution in [3.63, 3.8) is 0 Å². The summed E-state index contributed by atoms with van der Waals surface area (Å²) in [5, 5.41) is 12.7. The molecule has 1 aliphatic carbocycles. The maximum atomic E-state index is 15.2. The number of carbonyl (C=O) groups is 1. The van der Waals surface area contributed by atoms with Crippen LogP contribution in [0.15, 0.2) is 23.1 Å². The van der Waals surface area contributed by atoms with Gasteiger partial charge in [0.05, 0.1) is 11.6 Å². The topological polar surface area (TPSA) is 96.8 Å². The zero-order valence-corrected chi connectivity index (χ0v) is 16.6. The normalized spacial score (nSPS) is 18.8. The van der Waals surface area contributed by atoms with Crippen molar-refractivity contribution < 1.29 is 14.3 Å². The summed E-state index contributed by atoms with van der Waals surface area (Å²) in [6.45, 7) is 3.18. The number of halogens is 1. The van der Waals surface area contributed by atoms with E-state index in [1.54, 1.807) is 6.92 Å². The van der Waals surface area contributed by atoms with Crippen LogP contribution in [0, 0.1) is 12.7 Å². The molecule has 8 heteroatoms.